The molecule has 0 spiro atoms. The number of nitrogens with zero attached hydrogens (tertiary/aromatic N) is 1. The van der Waals surface area contributed by atoms with E-state index in [1.165, 1.54) is 0 Å². The number of carbonyl (C=O) groups is 1. The molecule has 0 fully saturated rings. The van der Waals surface area contributed by atoms with E-state index in [1.54, 1.807) is 12.4 Å². The first-order valence-corrected chi connectivity index (χ1v) is 6.02. The van der Waals surface area contributed by atoms with Gasteiger partial charge in [-0.05, 0) is 46.4 Å². The smallest absolute Gasteiger partial charge is 0.168 e. The molecule has 0 saturated heterocycles. The molecule has 3 heteroatoms. The number of pyridine rings is 1. The number of hydrogen-bond acceptors (Lipinski definition) is 2. The number of carbonyl (C=O) groups excluding carboxylic acids is 1. The molecule has 0 saturated carbocycles. The lowest BCUT2D eigenvalue weighted by molar-refractivity contribution is 0.0992. The Balaban J connectivity index is 2.19. The molecule has 80 valence electrons. The fraction of sp³-hybridized carbons (Fsp3) is 0.0769. The molecule has 0 unspecified atom stereocenters. The summed E-state index contributed by atoms with van der Waals surface area (Å²) in [6.07, 6.45) is 3.85. The van der Waals surface area contributed by atoms with E-state index in [4.69, 9.17) is 0 Å². The van der Waals surface area contributed by atoms with Crippen LogP contribution >= 0.6 is 22.6 Å². The van der Waals surface area contributed by atoms with E-state index in [0.29, 0.717) is 6.42 Å². The molecule has 0 bridgehead atoms. The Morgan fingerprint density at radius 2 is 1.81 bits per heavy atom. The van der Waals surface area contributed by atoms with E-state index in [1.807, 2.05) is 36.4 Å². The van der Waals surface area contributed by atoms with Crippen molar-refractivity contribution in [3.8, 4) is 0 Å². The molecule has 0 aliphatic carbocycles. The van der Waals surface area contributed by atoms with E-state index < -0.39 is 0 Å². The van der Waals surface area contributed by atoms with Gasteiger partial charge in [0.25, 0.3) is 0 Å². The third-order valence-corrected chi connectivity index (χ3v) is 3.23. The van der Waals surface area contributed by atoms with Gasteiger partial charge in [0, 0.05) is 27.9 Å². The molecule has 1 aromatic carbocycles. The van der Waals surface area contributed by atoms with Crippen LogP contribution in [0, 0.1) is 3.57 Å². The lowest BCUT2D eigenvalue weighted by Crippen LogP contribution is -2.05. The van der Waals surface area contributed by atoms with Crippen LogP contribution in [0.1, 0.15) is 15.9 Å². The van der Waals surface area contributed by atoms with Gasteiger partial charge in [0.15, 0.2) is 5.78 Å². The van der Waals surface area contributed by atoms with Crippen LogP contribution in [0.15, 0.2) is 48.8 Å². The highest BCUT2D eigenvalue weighted by molar-refractivity contribution is 14.1. The molecule has 0 amide bonds. The molecule has 0 N–H and O–H groups in total. The minimum absolute atomic E-state index is 0.149. The fourth-order valence-corrected chi connectivity index (χ4v) is 2.16. The fourth-order valence-electron chi connectivity index (χ4n) is 1.47. The summed E-state index contributed by atoms with van der Waals surface area (Å²) < 4.78 is 0.999. The maximum Gasteiger partial charge on any atom is 0.168 e. The van der Waals surface area contributed by atoms with Crippen LogP contribution in [0.25, 0.3) is 0 Å². The van der Waals surface area contributed by atoms with Crippen LogP contribution in [0.3, 0.4) is 0 Å². The van der Waals surface area contributed by atoms with Gasteiger partial charge in [0.2, 0.25) is 0 Å². The average molecular weight is 323 g/mol. The van der Waals surface area contributed by atoms with E-state index >= 15 is 0 Å². The zero-order valence-electron chi connectivity index (χ0n) is 8.56. The zero-order chi connectivity index (χ0) is 11.4. The molecule has 2 rings (SSSR count). The Bertz CT molecular complexity index is 496. The van der Waals surface area contributed by atoms with E-state index in [-0.39, 0.29) is 5.78 Å². The molecule has 0 radical (unpaired) electrons. The molecule has 0 aliphatic rings. The van der Waals surface area contributed by atoms with E-state index in [0.717, 1.165) is 14.7 Å². The van der Waals surface area contributed by atoms with Gasteiger partial charge in [-0.3, -0.25) is 9.78 Å². The molecular weight excluding hydrogens is 313 g/mol. The van der Waals surface area contributed by atoms with Crippen molar-refractivity contribution in [1.82, 2.24) is 4.98 Å². The second kappa shape index (κ2) is 5.21. The first-order chi connectivity index (χ1) is 7.77. The summed E-state index contributed by atoms with van der Waals surface area (Å²) in [5.74, 6) is 0.149. The Labute approximate surface area is 108 Å². The van der Waals surface area contributed by atoms with Crippen molar-refractivity contribution in [2.24, 2.45) is 0 Å². The number of hydrogen-bond donors (Lipinski definition) is 0. The highest BCUT2D eigenvalue weighted by atomic mass is 127. The van der Waals surface area contributed by atoms with Gasteiger partial charge in [-0.15, -0.1) is 0 Å². The summed E-state index contributed by atoms with van der Waals surface area (Å²) in [6.45, 7) is 0. The molecule has 16 heavy (non-hydrogen) atoms. The second-order valence-corrected chi connectivity index (χ2v) is 4.60. The first-order valence-electron chi connectivity index (χ1n) is 4.94. The quantitative estimate of drug-likeness (QED) is 0.642. The highest BCUT2D eigenvalue weighted by Crippen LogP contribution is 2.14. The van der Waals surface area contributed by atoms with Crippen LogP contribution in [0.2, 0.25) is 0 Å². The topological polar surface area (TPSA) is 30.0 Å². The van der Waals surface area contributed by atoms with Crippen molar-refractivity contribution in [2.75, 3.05) is 0 Å². The van der Waals surface area contributed by atoms with Crippen molar-refractivity contribution >= 4 is 28.4 Å². The van der Waals surface area contributed by atoms with E-state index in [2.05, 4.69) is 27.6 Å². The van der Waals surface area contributed by atoms with Crippen LogP contribution in [0.4, 0.5) is 0 Å². The van der Waals surface area contributed by atoms with Gasteiger partial charge < -0.3 is 0 Å². The van der Waals surface area contributed by atoms with Gasteiger partial charge in [-0.25, -0.2) is 0 Å². The SMILES string of the molecule is O=C(Cc1ccncc1)c1ccccc1I. The van der Waals surface area contributed by atoms with Crippen molar-refractivity contribution in [3.05, 3.63) is 63.5 Å². The number of rotatable bonds is 3. The third-order valence-electron chi connectivity index (χ3n) is 2.29. The van der Waals surface area contributed by atoms with Crippen molar-refractivity contribution in [1.29, 1.82) is 0 Å². The highest BCUT2D eigenvalue weighted by Gasteiger charge is 2.09. The molecule has 2 aromatic rings. The van der Waals surface area contributed by atoms with Crippen molar-refractivity contribution < 1.29 is 4.79 Å². The van der Waals surface area contributed by atoms with Crippen molar-refractivity contribution in [2.45, 2.75) is 6.42 Å². The summed E-state index contributed by atoms with van der Waals surface area (Å²) in [5.41, 5.74) is 1.79. The minimum Gasteiger partial charge on any atom is -0.294 e. The summed E-state index contributed by atoms with van der Waals surface area (Å²) in [4.78, 5) is 15.9. The lowest BCUT2D eigenvalue weighted by Gasteiger charge is -2.03. The molecule has 1 heterocycles. The predicted octanol–water partition coefficient (Wildman–Crippen LogP) is 3.11. The van der Waals surface area contributed by atoms with Crippen LogP contribution in [-0.2, 0) is 6.42 Å². The van der Waals surface area contributed by atoms with Gasteiger partial charge in [0.1, 0.15) is 0 Å². The normalized spacial score (nSPS) is 10.1. The summed E-state index contributed by atoms with van der Waals surface area (Å²) in [7, 11) is 0. The molecule has 2 nitrogen and oxygen atoms in total. The Morgan fingerprint density at radius 3 is 2.50 bits per heavy atom. The standard InChI is InChI=1S/C13H10INO/c14-12-4-2-1-3-11(12)13(16)9-10-5-7-15-8-6-10/h1-8H,9H2. The average Bonchev–Trinajstić information content (AvgIpc) is 2.31. The van der Waals surface area contributed by atoms with Crippen LogP contribution < -0.4 is 0 Å². The predicted molar refractivity (Wildman–Crippen MR) is 71.4 cm³/mol. The number of ketones is 1. The minimum atomic E-state index is 0.149. The van der Waals surface area contributed by atoms with Gasteiger partial charge in [-0.2, -0.15) is 0 Å². The van der Waals surface area contributed by atoms with Gasteiger partial charge in [-0.1, -0.05) is 18.2 Å². The third kappa shape index (κ3) is 2.66. The van der Waals surface area contributed by atoms with E-state index in [9.17, 15) is 4.79 Å². The number of benzene rings is 1. The molecule has 1 aromatic heterocycles. The molecule has 0 atom stereocenters. The van der Waals surface area contributed by atoms with Crippen LogP contribution in [0.5, 0.6) is 0 Å². The number of aromatic nitrogens is 1. The molecule has 0 aliphatic heterocycles. The van der Waals surface area contributed by atoms with Crippen LogP contribution in [-0.4, -0.2) is 10.8 Å². The Hall–Kier alpha value is -1.23. The Kier molecular flexibility index (Phi) is 3.66. The maximum absolute atomic E-state index is 12.0. The summed E-state index contributed by atoms with van der Waals surface area (Å²) in [6, 6.07) is 11.4. The van der Waals surface area contributed by atoms with Crippen molar-refractivity contribution in [3.63, 3.8) is 0 Å². The summed E-state index contributed by atoms with van der Waals surface area (Å²) in [5, 5.41) is 0. The number of Topliss-reactive ketones (excluding diaryl/α,β-unsaturated/α-hetero) is 1. The first kappa shape index (κ1) is 11.3. The zero-order valence-corrected chi connectivity index (χ0v) is 10.7. The molecular formula is C13H10INO. The monoisotopic (exact) mass is 323 g/mol. The maximum atomic E-state index is 12.0. The lowest BCUT2D eigenvalue weighted by atomic mass is 10.0. The van der Waals surface area contributed by atoms with Gasteiger partial charge in [0.05, 0.1) is 0 Å². The largest absolute Gasteiger partial charge is 0.294 e. The Morgan fingerprint density at radius 1 is 1.12 bits per heavy atom. The van der Waals surface area contributed by atoms with Gasteiger partial charge >= 0.3 is 0 Å². The summed E-state index contributed by atoms with van der Waals surface area (Å²) >= 11 is 2.19. The number of halogens is 1. The second-order valence-electron chi connectivity index (χ2n) is 3.44.